The Balaban J connectivity index is 1.44. The normalized spacial score (nSPS) is 14.8. The lowest BCUT2D eigenvalue weighted by atomic mass is 10.1. The highest BCUT2D eigenvalue weighted by atomic mass is 35.5. The van der Waals surface area contributed by atoms with E-state index in [-0.39, 0.29) is 11.0 Å². The monoisotopic (exact) mass is 447 g/mol. The zero-order valence-corrected chi connectivity index (χ0v) is 18.6. The molecule has 1 aliphatic heterocycles. The molecule has 0 aliphatic carbocycles. The highest BCUT2D eigenvalue weighted by Crippen LogP contribution is 2.25. The van der Waals surface area contributed by atoms with Crippen molar-refractivity contribution >= 4 is 39.2 Å². The third-order valence-corrected chi connectivity index (χ3v) is 6.20. The fraction of sp³-hybridized carbons (Fsp3) is 0.240. The van der Waals surface area contributed by atoms with Gasteiger partial charge in [-0.15, -0.1) is 0 Å². The van der Waals surface area contributed by atoms with Crippen LogP contribution in [0.3, 0.4) is 0 Å². The largest absolute Gasteiger partial charge is 0.464 e. The summed E-state index contributed by atoms with van der Waals surface area (Å²) in [5, 5.41) is 1.64. The van der Waals surface area contributed by atoms with E-state index in [0.29, 0.717) is 45.9 Å². The Hall–Kier alpha value is -3.22. The minimum atomic E-state index is -0.271. The van der Waals surface area contributed by atoms with Crippen molar-refractivity contribution < 1.29 is 4.42 Å². The van der Waals surface area contributed by atoms with Gasteiger partial charge in [0, 0.05) is 42.3 Å². The average Bonchev–Trinajstić information content (AvgIpc) is 2.77. The van der Waals surface area contributed by atoms with Gasteiger partial charge in [0.25, 0.3) is 5.56 Å². The van der Waals surface area contributed by atoms with Gasteiger partial charge in [-0.1, -0.05) is 29.3 Å². The Labute approximate surface area is 189 Å². The van der Waals surface area contributed by atoms with E-state index < -0.39 is 0 Å². The molecule has 7 heteroatoms. The number of benzene rings is 2. The number of rotatable bonds is 3. The summed E-state index contributed by atoms with van der Waals surface area (Å²) in [5.74, 6) is 0.648. The average molecular weight is 448 g/mol. The Morgan fingerprint density at radius 3 is 2.72 bits per heavy atom. The van der Waals surface area contributed by atoms with Crippen molar-refractivity contribution in [1.82, 2.24) is 14.5 Å². The summed E-state index contributed by atoms with van der Waals surface area (Å²) in [5.41, 5.74) is 3.93. The molecule has 5 rings (SSSR count). The van der Waals surface area contributed by atoms with Gasteiger partial charge in [-0.05, 0) is 44.2 Å². The third kappa shape index (κ3) is 3.66. The number of fused-ring (bicyclic) bond motifs is 2. The second kappa shape index (κ2) is 8.04. The predicted molar refractivity (Wildman–Crippen MR) is 127 cm³/mol. The number of aromatic nitrogens is 2. The first-order chi connectivity index (χ1) is 15.4. The van der Waals surface area contributed by atoms with E-state index in [4.69, 9.17) is 16.0 Å². The van der Waals surface area contributed by atoms with Crippen molar-refractivity contribution in [2.75, 3.05) is 13.1 Å². The SMILES string of the molecule is Cc1ccc2occ(CN3CC=C(n4c(C)nc(=O)c5cc(Cl)ccc54)CC3)c(=O)c2c1. The van der Waals surface area contributed by atoms with Crippen LogP contribution in [0.5, 0.6) is 0 Å². The first-order valence-electron chi connectivity index (χ1n) is 10.5. The lowest BCUT2D eigenvalue weighted by molar-refractivity contribution is 0.288. The van der Waals surface area contributed by atoms with E-state index in [1.54, 1.807) is 18.4 Å². The Bertz CT molecular complexity index is 1520. The number of aryl methyl sites for hydroxylation is 2. The van der Waals surface area contributed by atoms with Gasteiger partial charge >= 0.3 is 0 Å². The molecule has 4 aromatic rings. The topological polar surface area (TPSA) is 68.3 Å². The van der Waals surface area contributed by atoms with Crippen molar-refractivity contribution in [3.8, 4) is 0 Å². The van der Waals surface area contributed by atoms with Crippen molar-refractivity contribution in [2.45, 2.75) is 26.8 Å². The summed E-state index contributed by atoms with van der Waals surface area (Å²) in [4.78, 5) is 31.7. The molecule has 0 saturated heterocycles. The van der Waals surface area contributed by atoms with E-state index in [2.05, 4.69) is 16.0 Å². The van der Waals surface area contributed by atoms with E-state index >= 15 is 0 Å². The molecule has 0 fully saturated rings. The molecule has 6 nitrogen and oxygen atoms in total. The van der Waals surface area contributed by atoms with Gasteiger partial charge in [-0.2, -0.15) is 4.98 Å². The maximum atomic E-state index is 12.9. The summed E-state index contributed by atoms with van der Waals surface area (Å²) < 4.78 is 7.73. The molecule has 0 radical (unpaired) electrons. The minimum Gasteiger partial charge on any atom is -0.464 e. The van der Waals surface area contributed by atoms with Gasteiger partial charge in [0.2, 0.25) is 0 Å². The van der Waals surface area contributed by atoms with Gasteiger partial charge in [-0.25, -0.2) is 0 Å². The molecule has 162 valence electrons. The second-order valence-corrected chi connectivity index (χ2v) is 8.67. The first kappa shape index (κ1) is 20.7. The molecule has 0 bridgehead atoms. The number of halogens is 1. The van der Waals surface area contributed by atoms with Crippen molar-refractivity contribution in [3.63, 3.8) is 0 Å². The van der Waals surface area contributed by atoms with Crippen LogP contribution in [0.15, 0.2) is 62.7 Å². The number of nitrogens with zero attached hydrogens (tertiary/aromatic N) is 3. The summed E-state index contributed by atoms with van der Waals surface area (Å²) in [6.45, 7) is 5.78. The smallest absolute Gasteiger partial charge is 0.280 e. The molecular formula is C25H22ClN3O3. The van der Waals surface area contributed by atoms with E-state index in [9.17, 15) is 9.59 Å². The Morgan fingerprint density at radius 1 is 1.09 bits per heavy atom. The van der Waals surface area contributed by atoms with Crippen LogP contribution < -0.4 is 11.0 Å². The number of hydrogen-bond acceptors (Lipinski definition) is 5. The molecule has 0 spiro atoms. The van der Waals surface area contributed by atoms with Gasteiger partial charge in [0.1, 0.15) is 11.4 Å². The lowest BCUT2D eigenvalue weighted by Gasteiger charge is -2.28. The van der Waals surface area contributed by atoms with Crippen molar-refractivity contribution in [3.05, 3.63) is 91.3 Å². The van der Waals surface area contributed by atoms with Gasteiger partial charge in [0.05, 0.1) is 22.6 Å². The zero-order chi connectivity index (χ0) is 22.4. The van der Waals surface area contributed by atoms with Crippen LogP contribution in [-0.2, 0) is 6.54 Å². The van der Waals surface area contributed by atoms with Crippen LogP contribution >= 0.6 is 11.6 Å². The summed E-state index contributed by atoms with van der Waals surface area (Å²) in [7, 11) is 0. The van der Waals surface area contributed by atoms with Gasteiger partial charge in [-0.3, -0.25) is 14.5 Å². The van der Waals surface area contributed by atoms with Crippen LogP contribution in [0.1, 0.15) is 23.4 Å². The van der Waals surface area contributed by atoms with E-state index in [1.165, 1.54) is 0 Å². The Morgan fingerprint density at radius 2 is 1.94 bits per heavy atom. The van der Waals surface area contributed by atoms with Crippen LogP contribution in [0, 0.1) is 13.8 Å². The van der Waals surface area contributed by atoms with Crippen LogP contribution in [0.25, 0.3) is 27.6 Å². The number of hydrogen-bond donors (Lipinski definition) is 0. The molecule has 32 heavy (non-hydrogen) atoms. The van der Waals surface area contributed by atoms with Crippen molar-refractivity contribution in [1.29, 1.82) is 0 Å². The molecule has 0 atom stereocenters. The molecule has 2 aromatic heterocycles. The molecule has 3 heterocycles. The molecule has 0 N–H and O–H groups in total. The summed E-state index contributed by atoms with van der Waals surface area (Å²) in [6, 6.07) is 11.0. The fourth-order valence-corrected chi connectivity index (χ4v) is 4.52. The summed E-state index contributed by atoms with van der Waals surface area (Å²) in [6.07, 6.45) is 4.47. The molecule has 2 aromatic carbocycles. The molecule has 1 aliphatic rings. The first-order valence-corrected chi connectivity index (χ1v) is 10.9. The zero-order valence-electron chi connectivity index (χ0n) is 17.9. The maximum absolute atomic E-state index is 12.9. The van der Waals surface area contributed by atoms with Crippen LogP contribution in [-0.4, -0.2) is 27.5 Å². The highest BCUT2D eigenvalue weighted by molar-refractivity contribution is 6.31. The van der Waals surface area contributed by atoms with Crippen LogP contribution in [0.2, 0.25) is 5.02 Å². The van der Waals surface area contributed by atoms with Gasteiger partial charge < -0.3 is 8.98 Å². The second-order valence-electron chi connectivity index (χ2n) is 8.23. The lowest BCUT2D eigenvalue weighted by Crippen LogP contribution is -2.31. The standard InChI is InChI=1S/C25H22ClN3O3/c1-15-3-6-23-21(11-15)24(30)17(14-32-23)13-28-9-7-19(8-10-28)29-16(2)27-25(31)20-12-18(26)4-5-22(20)29/h3-7,11-12,14H,8-10,13H2,1-2H3. The molecular weight excluding hydrogens is 426 g/mol. The van der Waals surface area contributed by atoms with E-state index in [0.717, 1.165) is 29.7 Å². The molecule has 0 unspecified atom stereocenters. The van der Waals surface area contributed by atoms with E-state index in [1.807, 2.05) is 42.7 Å². The quantitative estimate of drug-likeness (QED) is 0.462. The highest BCUT2D eigenvalue weighted by Gasteiger charge is 2.19. The minimum absolute atomic E-state index is 0.0213. The fourth-order valence-electron chi connectivity index (χ4n) is 4.35. The summed E-state index contributed by atoms with van der Waals surface area (Å²) >= 11 is 6.09. The maximum Gasteiger partial charge on any atom is 0.280 e. The van der Waals surface area contributed by atoms with Crippen LogP contribution in [0.4, 0.5) is 0 Å². The Kier molecular flexibility index (Phi) is 5.19. The predicted octanol–water partition coefficient (Wildman–Crippen LogP) is 4.52. The molecule has 0 saturated carbocycles. The third-order valence-electron chi connectivity index (χ3n) is 5.97. The van der Waals surface area contributed by atoms with Crippen molar-refractivity contribution in [2.24, 2.45) is 0 Å². The molecule has 0 amide bonds. The van der Waals surface area contributed by atoms with Gasteiger partial charge in [0.15, 0.2) is 5.43 Å².